The number of likely N-dealkylation sites (tertiary alicyclic amines) is 1. The van der Waals surface area contributed by atoms with E-state index in [2.05, 4.69) is 0 Å². The van der Waals surface area contributed by atoms with Crippen molar-refractivity contribution in [1.82, 2.24) is 4.90 Å². The van der Waals surface area contributed by atoms with Crippen LogP contribution >= 0.6 is 11.6 Å². The van der Waals surface area contributed by atoms with E-state index >= 15 is 0 Å². The Morgan fingerprint density at radius 2 is 2.00 bits per heavy atom. The van der Waals surface area contributed by atoms with Gasteiger partial charge in [-0.05, 0) is 24.5 Å². The summed E-state index contributed by atoms with van der Waals surface area (Å²) in [5.74, 6) is 0.134. The van der Waals surface area contributed by atoms with Gasteiger partial charge in [-0.2, -0.15) is 0 Å². The quantitative estimate of drug-likeness (QED) is 0.898. The molecule has 0 saturated carbocycles. The van der Waals surface area contributed by atoms with E-state index in [0.29, 0.717) is 11.4 Å². The van der Waals surface area contributed by atoms with Gasteiger partial charge in [-0.1, -0.05) is 29.8 Å². The highest BCUT2D eigenvalue weighted by molar-refractivity contribution is 6.31. The van der Waals surface area contributed by atoms with Crippen LogP contribution in [-0.4, -0.2) is 23.9 Å². The minimum absolute atomic E-state index is 0.134. The predicted octanol–water partition coefficient (Wildman–Crippen LogP) is 2.35. The highest BCUT2D eigenvalue weighted by atomic mass is 35.5. The molecule has 1 unspecified atom stereocenters. The van der Waals surface area contributed by atoms with Crippen molar-refractivity contribution >= 4 is 17.5 Å². The van der Waals surface area contributed by atoms with Gasteiger partial charge in [0.25, 0.3) is 0 Å². The lowest BCUT2D eigenvalue weighted by molar-refractivity contribution is -0.130. The number of hydrogen-bond acceptors (Lipinski definition) is 2. The molecule has 1 heterocycles. The minimum atomic E-state index is -0.309. The van der Waals surface area contributed by atoms with Gasteiger partial charge >= 0.3 is 0 Å². The van der Waals surface area contributed by atoms with Crippen LogP contribution in [0, 0.1) is 0 Å². The molecule has 4 heteroatoms. The maximum absolute atomic E-state index is 11.9. The number of benzene rings is 1. The molecule has 1 aromatic rings. The average molecular weight is 253 g/mol. The highest BCUT2D eigenvalue weighted by Crippen LogP contribution is 2.24. The van der Waals surface area contributed by atoms with E-state index in [1.807, 2.05) is 23.1 Å². The van der Waals surface area contributed by atoms with Crippen LogP contribution in [0.2, 0.25) is 5.02 Å². The van der Waals surface area contributed by atoms with Gasteiger partial charge in [-0.25, -0.2) is 0 Å². The van der Waals surface area contributed by atoms with Crippen molar-refractivity contribution in [2.45, 2.75) is 25.3 Å². The van der Waals surface area contributed by atoms with Crippen LogP contribution in [0.4, 0.5) is 0 Å². The molecule has 0 bridgehead atoms. The van der Waals surface area contributed by atoms with Crippen molar-refractivity contribution in [3.8, 4) is 0 Å². The predicted molar refractivity (Wildman–Crippen MR) is 68.8 cm³/mol. The first-order valence-electron chi connectivity index (χ1n) is 5.96. The monoisotopic (exact) mass is 252 g/mol. The first kappa shape index (κ1) is 12.4. The van der Waals surface area contributed by atoms with Crippen LogP contribution in [-0.2, 0) is 4.79 Å². The fraction of sp³-hybridized carbons (Fsp3) is 0.462. The van der Waals surface area contributed by atoms with Gasteiger partial charge in [-0.15, -0.1) is 0 Å². The lowest BCUT2D eigenvalue weighted by Gasteiger charge is -2.19. The number of hydrogen-bond donors (Lipinski definition) is 1. The number of nitrogens with zero attached hydrogens (tertiary/aromatic N) is 1. The Balaban J connectivity index is 1.99. The van der Waals surface area contributed by atoms with E-state index in [9.17, 15) is 4.79 Å². The van der Waals surface area contributed by atoms with E-state index in [1.54, 1.807) is 6.07 Å². The first-order valence-corrected chi connectivity index (χ1v) is 6.34. The fourth-order valence-corrected chi connectivity index (χ4v) is 2.45. The van der Waals surface area contributed by atoms with Crippen LogP contribution in [0.25, 0.3) is 0 Å². The van der Waals surface area contributed by atoms with Crippen molar-refractivity contribution in [2.75, 3.05) is 13.1 Å². The van der Waals surface area contributed by atoms with Crippen molar-refractivity contribution in [3.05, 3.63) is 34.9 Å². The molecule has 0 radical (unpaired) electrons. The summed E-state index contributed by atoms with van der Waals surface area (Å²) in [7, 11) is 0. The SMILES string of the molecule is NC(CC(=O)N1CCCC1)c1ccccc1Cl. The molecule has 0 aliphatic carbocycles. The maximum atomic E-state index is 11.9. The topological polar surface area (TPSA) is 46.3 Å². The third-order valence-corrected chi connectivity index (χ3v) is 3.50. The lowest BCUT2D eigenvalue weighted by Crippen LogP contribution is -2.30. The van der Waals surface area contributed by atoms with Crippen molar-refractivity contribution in [1.29, 1.82) is 0 Å². The molecule has 1 atom stereocenters. The summed E-state index contributed by atoms with van der Waals surface area (Å²) in [6.07, 6.45) is 2.55. The second kappa shape index (κ2) is 5.52. The smallest absolute Gasteiger partial charge is 0.224 e. The Labute approximate surface area is 107 Å². The summed E-state index contributed by atoms with van der Waals surface area (Å²) in [5, 5.41) is 0.634. The third-order valence-electron chi connectivity index (χ3n) is 3.16. The summed E-state index contributed by atoms with van der Waals surface area (Å²) in [6.45, 7) is 1.74. The van der Waals surface area contributed by atoms with Gasteiger partial charge < -0.3 is 10.6 Å². The number of carbonyl (C=O) groups is 1. The number of rotatable bonds is 3. The van der Waals surface area contributed by atoms with E-state index in [0.717, 1.165) is 31.5 Å². The first-order chi connectivity index (χ1) is 8.18. The second-order valence-electron chi connectivity index (χ2n) is 4.42. The molecule has 1 amide bonds. The zero-order valence-electron chi connectivity index (χ0n) is 9.73. The Hall–Kier alpha value is -1.06. The average Bonchev–Trinajstić information content (AvgIpc) is 2.82. The van der Waals surface area contributed by atoms with Crippen molar-refractivity contribution in [3.63, 3.8) is 0 Å². The second-order valence-corrected chi connectivity index (χ2v) is 4.83. The number of nitrogens with two attached hydrogens (primary N) is 1. The molecular formula is C13H17ClN2O. The van der Waals surface area contributed by atoms with Crippen LogP contribution in [0.3, 0.4) is 0 Å². The van der Waals surface area contributed by atoms with Gasteiger partial charge in [0.15, 0.2) is 0 Å². The Bertz CT molecular complexity index is 402. The molecule has 3 nitrogen and oxygen atoms in total. The van der Waals surface area contributed by atoms with E-state index < -0.39 is 0 Å². The standard InChI is InChI=1S/C13H17ClN2O/c14-11-6-2-1-5-10(11)12(15)9-13(17)16-7-3-4-8-16/h1-2,5-6,12H,3-4,7-9,15H2. The third kappa shape index (κ3) is 2.99. The summed E-state index contributed by atoms with van der Waals surface area (Å²) in [5.41, 5.74) is 6.88. The summed E-state index contributed by atoms with van der Waals surface area (Å²) >= 11 is 6.06. The molecule has 2 N–H and O–H groups in total. The molecule has 1 aliphatic heterocycles. The summed E-state index contributed by atoms with van der Waals surface area (Å²) < 4.78 is 0. The van der Waals surface area contributed by atoms with Gasteiger partial charge in [0.1, 0.15) is 0 Å². The summed E-state index contributed by atoms with van der Waals surface area (Å²) in [6, 6.07) is 7.13. The molecule has 1 fully saturated rings. The Morgan fingerprint density at radius 3 is 2.65 bits per heavy atom. The molecule has 1 aromatic carbocycles. The Kier molecular flexibility index (Phi) is 4.02. The Morgan fingerprint density at radius 1 is 1.35 bits per heavy atom. The molecule has 2 rings (SSSR count). The van der Waals surface area contributed by atoms with E-state index in [1.165, 1.54) is 0 Å². The van der Waals surface area contributed by atoms with Crippen LogP contribution in [0.1, 0.15) is 30.9 Å². The lowest BCUT2D eigenvalue weighted by atomic mass is 10.0. The minimum Gasteiger partial charge on any atom is -0.343 e. The molecule has 92 valence electrons. The van der Waals surface area contributed by atoms with Gasteiger partial charge in [0.2, 0.25) is 5.91 Å². The molecular weight excluding hydrogens is 236 g/mol. The van der Waals surface area contributed by atoms with Crippen LogP contribution < -0.4 is 5.73 Å². The zero-order chi connectivity index (χ0) is 12.3. The fourth-order valence-electron chi connectivity index (χ4n) is 2.17. The van der Waals surface area contributed by atoms with Crippen LogP contribution in [0.15, 0.2) is 24.3 Å². The highest BCUT2D eigenvalue weighted by Gasteiger charge is 2.21. The zero-order valence-corrected chi connectivity index (χ0v) is 10.5. The molecule has 1 aliphatic rings. The van der Waals surface area contributed by atoms with Crippen molar-refractivity contribution < 1.29 is 4.79 Å². The number of carbonyl (C=O) groups excluding carboxylic acids is 1. The van der Waals surface area contributed by atoms with Gasteiger partial charge in [-0.3, -0.25) is 4.79 Å². The molecule has 1 saturated heterocycles. The molecule has 0 aromatic heterocycles. The largest absolute Gasteiger partial charge is 0.343 e. The van der Waals surface area contributed by atoms with E-state index in [-0.39, 0.29) is 11.9 Å². The normalized spacial score (nSPS) is 17.2. The van der Waals surface area contributed by atoms with Crippen molar-refractivity contribution in [2.24, 2.45) is 5.73 Å². The number of amides is 1. The van der Waals surface area contributed by atoms with E-state index in [4.69, 9.17) is 17.3 Å². The van der Waals surface area contributed by atoms with Crippen LogP contribution in [0.5, 0.6) is 0 Å². The molecule has 0 spiro atoms. The van der Waals surface area contributed by atoms with Gasteiger partial charge in [0.05, 0.1) is 0 Å². The maximum Gasteiger partial charge on any atom is 0.224 e. The number of halogens is 1. The molecule has 17 heavy (non-hydrogen) atoms. The summed E-state index contributed by atoms with van der Waals surface area (Å²) in [4.78, 5) is 13.8. The van der Waals surface area contributed by atoms with Gasteiger partial charge in [0, 0.05) is 30.6 Å².